The third-order valence-electron chi connectivity index (χ3n) is 13.8. The molecule has 3 heteroatoms. The molecule has 0 saturated carbocycles. The summed E-state index contributed by atoms with van der Waals surface area (Å²) in [7, 11) is 0. The van der Waals surface area contributed by atoms with Gasteiger partial charge in [0.25, 0.3) is 0 Å². The Bertz CT molecular complexity index is 3930. The molecule has 1 aromatic heterocycles. The normalized spacial score (nSPS) is 11.4. The summed E-state index contributed by atoms with van der Waals surface area (Å²) >= 11 is 1.85. The summed E-state index contributed by atoms with van der Waals surface area (Å²) in [6.45, 7) is 0. The van der Waals surface area contributed by atoms with Crippen molar-refractivity contribution in [1.82, 2.24) is 0 Å². The maximum absolute atomic E-state index is 2.49. The molecule has 0 aliphatic heterocycles. The Morgan fingerprint density at radius 2 is 0.662 bits per heavy atom. The smallest absolute Gasteiger partial charge is 0.0554 e. The molecule has 1 heterocycles. The van der Waals surface area contributed by atoms with Crippen molar-refractivity contribution < 1.29 is 0 Å². The van der Waals surface area contributed by atoms with E-state index >= 15 is 0 Å². The van der Waals surface area contributed by atoms with Crippen LogP contribution >= 0.6 is 11.3 Å². The number of nitrogens with zero attached hydrogens (tertiary/aromatic N) is 2. The number of benzene rings is 12. The summed E-state index contributed by atoms with van der Waals surface area (Å²) in [6.07, 6.45) is 0. The number of hydrogen-bond donors (Lipinski definition) is 0. The first-order valence-electron chi connectivity index (χ1n) is 24.2. The summed E-state index contributed by atoms with van der Waals surface area (Å²) in [5, 5.41) is 7.40. The highest BCUT2D eigenvalue weighted by Gasteiger charge is 2.23. The van der Waals surface area contributed by atoms with Gasteiger partial charge in [0.2, 0.25) is 0 Å². The molecule has 0 fully saturated rings. The van der Waals surface area contributed by atoms with Crippen LogP contribution in [0.1, 0.15) is 0 Å². The fourth-order valence-electron chi connectivity index (χ4n) is 10.4. The Balaban J connectivity index is 1.09. The van der Waals surface area contributed by atoms with E-state index < -0.39 is 0 Å². The molecular formula is C68H46N2S. The van der Waals surface area contributed by atoms with E-state index in [-0.39, 0.29) is 0 Å². The van der Waals surface area contributed by atoms with Crippen molar-refractivity contribution in [3.05, 3.63) is 279 Å². The van der Waals surface area contributed by atoms with E-state index in [4.69, 9.17) is 0 Å². The molecule has 0 bridgehead atoms. The van der Waals surface area contributed by atoms with Crippen LogP contribution in [0.3, 0.4) is 0 Å². The van der Waals surface area contributed by atoms with E-state index in [0.29, 0.717) is 0 Å². The average Bonchev–Trinajstić information content (AvgIpc) is 3.84. The first kappa shape index (κ1) is 42.1. The lowest BCUT2D eigenvalue weighted by atomic mass is 9.92. The molecular weight excluding hydrogens is 877 g/mol. The second-order valence-electron chi connectivity index (χ2n) is 18.1. The zero-order chi connectivity index (χ0) is 47.1. The molecule has 0 radical (unpaired) electrons. The van der Waals surface area contributed by atoms with E-state index in [1.807, 2.05) is 11.3 Å². The molecule has 0 spiro atoms. The summed E-state index contributed by atoms with van der Waals surface area (Å²) in [5.74, 6) is 0. The minimum absolute atomic E-state index is 1.04. The van der Waals surface area contributed by atoms with E-state index in [9.17, 15) is 0 Å². The molecule has 2 nitrogen and oxygen atoms in total. The molecule has 0 unspecified atom stereocenters. The topological polar surface area (TPSA) is 6.48 Å². The van der Waals surface area contributed by atoms with E-state index in [0.717, 1.165) is 39.7 Å². The highest BCUT2D eigenvalue weighted by molar-refractivity contribution is 7.26. The molecule has 13 rings (SSSR count). The van der Waals surface area contributed by atoms with E-state index in [1.165, 1.54) is 80.7 Å². The van der Waals surface area contributed by atoms with E-state index in [2.05, 4.69) is 289 Å². The second kappa shape index (κ2) is 18.1. The lowest BCUT2D eigenvalue weighted by molar-refractivity contribution is 1.26. The third-order valence-corrected chi connectivity index (χ3v) is 15.0. The van der Waals surface area contributed by atoms with Crippen LogP contribution in [0.2, 0.25) is 0 Å². The number of thiophene rings is 1. The van der Waals surface area contributed by atoms with Crippen molar-refractivity contribution in [2.24, 2.45) is 0 Å². The summed E-state index contributed by atoms with van der Waals surface area (Å²) in [4.78, 5) is 4.92. The van der Waals surface area contributed by atoms with Gasteiger partial charge in [0.05, 0.1) is 5.69 Å². The quantitative estimate of drug-likeness (QED) is 0.126. The number of rotatable bonds is 10. The van der Waals surface area contributed by atoms with Gasteiger partial charge in [-0.05, 0) is 145 Å². The zero-order valence-corrected chi connectivity index (χ0v) is 39.7. The van der Waals surface area contributed by atoms with Crippen molar-refractivity contribution in [3.8, 4) is 44.5 Å². The zero-order valence-electron chi connectivity index (χ0n) is 38.9. The first-order chi connectivity index (χ1) is 35.2. The maximum atomic E-state index is 2.49. The molecule has 0 N–H and O–H groups in total. The van der Waals surface area contributed by atoms with Crippen molar-refractivity contribution in [2.75, 3.05) is 9.80 Å². The van der Waals surface area contributed by atoms with Gasteiger partial charge >= 0.3 is 0 Å². The lowest BCUT2D eigenvalue weighted by Crippen LogP contribution is -2.14. The minimum Gasteiger partial charge on any atom is -0.310 e. The van der Waals surface area contributed by atoms with Crippen LogP contribution in [0, 0.1) is 0 Å². The second-order valence-corrected chi connectivity index (χ2v) is 19.2. The van der Waals surface area contributed by atoms with Gasteiger partial charge in [-0.25, -0.2) is 0 Å². The maximum Gasteiger partial charge on any atom is 0.0554 e. The van der Waals surface area contributed by atoms with Gasteiger partial charge in [-0.2, -0.15) is 0 Å². The number of hydrogen-bond acceptors (Lipinski definition) is 3. The highest BCUT2D eigenvalue weighted by Crippen LogP contribution is 2.49. The Kier molecular flexibility index (Phi) is 10.8. The molecule has 13 aromatic rings. The van der Waals surface area contributed by atoms with Gasteiger partial charge < -0.3 is 9.80 Å². The van der Waals surface area contributed by atoms with Crippen LogP contribution in [-0.4, -0.2) is 0 Å². The van der Waals surface area contributed by atoms with Gasteiger partial charge in [-0.3, -0.25) is 0 Å². The molecule has 0 aliphatic rings. The van der Waals surface area contributed by atoms with Crippen LogP contribution in [0.4, 0.5) is 34.1 Å². The lowest BCUT2D eigenvalue weighted by Gasteiger charge is -2.31. The van der Waals surface area contributed by atoms with Gasteiger partial charge in [-0.15, -0.1) is 11.3 Å². The minimum atomic E-state index is 1.04. The van der Waals surface area contributed by atoms with Gasteiger partial charge in [0.15, 0.2) is 0 Å². The molecule has 0 atom stereocenters. The highest BCUT2D eigenvalue weighted by atomic mass is 32.1. The summed E-state index contributed by atoms with van der Waals surface area (Å²) in [6, 6.07) is 102. The first-order valence-corrected chi connectivity index (χ1v) is 25.0. The van der Waals surface area contributed by atoms with Gasteiger partial charge in [0, 0.05) is 48.6 Å². The number of anilines is 6. The van der Waals surface area contributed by atoms with Crippen LogP contribution in [0.15, 0.2) is 279 Å². The van der Waals surface area contributed by atoms with Crippen LogP contribution in [-0.2, 0) is 0 Å². The van der Waals surface area contributed by atoms with Crippen molar-refractivity contribution >= 4 is 87.2 Å². The summed E-state index contributed by atoms with van der Waals surface area (Å²) < 4.78 is 2.53. The van der Waals surface area contributed by atoms with Crippen molar-refractivity contribution in [2.45, 2.75) is 0 Å². The molecule has 334 valence electrons. The Hall–Kier alpha value is -9.02. The summed E-state index contributed by atoms with van der Waals surface area (Å²) in [5.41, 5.74) is 15.8. The van der Waals surface area contributed by atoms with E-state index in [1.54, 1.807) is 0 Å². The molecule has 12 aromatic carbocycles. The number of fused-ring (bicyclic) bond motifs is 6. The Morgan fingerprint density at radius 3 is 1.23 bits per heavy atom. The molecule has 71 heavy (non-hydrogen) atoms. The molecule has 0 saturated heterocycles. The van der Waals surface area contributed by atoms with Crippen molar-refractivity contribution in [1.29, 1.82) is 0 Å². The fraction of sp³-hybridized carbons (Fsp3) is 0. The largest absolute Gasteiger partial charge is 0.310 e. The SMILES string of the molecule is c1ccc(-c2ccc(N(c3ccc(-c4ccccc4)cc3)c3cc(-c4cc5ccccc5c5ccccc45)cc(N(c4ccc(-c5ccccc5)cc4)c4cccc5sc6ccccc6c45)c3)cc2)cc1. The standard InChI is InChI=1S/C68H46N2S/c1-4-17-47(18-5-1)50-31-37-55(38-32-50)69(56-39-33-51(34-40-56)48-19-6-2-7-20-48)58-43-54(64-45-53-23-10-11-24-60(53)61-25-12-13-26-62(61)64)44-59(46-58)70(57-41-35-52(36-42-57)49-21-8-3-9-22-49)65-28-16-30-67-68(65)63-27-14-15-29-66(63)71-67/h1-46H. The van der Waals surface area contributed by atoms with Crippen molar-refractivity contribution in [3.63, 3.8) is 0 Å². The fourth-order valence-corrected chi connectivity index (χ4v) is 11.5. The Morgan fingerprint density at radius 1 is 0.239 bits per heavy atom. The average molecular weight is 923 g/mol. The predicted octanol–water partition coefficient (Wildman–Crippen LogP) is 20.0. The van der Waals surface area contributed by atoms with Crippen LogP contribution < -0.4 is 9.80 Å². The monoisotopic (exact) mass is 922 g/mol. The van der Waals surface area contributed by atoms with Gasteiger partial charge in [-0.1, -0.05) is 200 Å². The van der Waals surface area contributed by atoms with Crippen LogP contribution in [0.25, 0.3) is 86.2 Å². The third kappa shape index (κ3) is 7.89. The molecule has 0 amide bonds. The Labute approximate surface area is 418 Å². The predicted molar refractivity (Wildman–Crippen MR) is 305 cm³/mol. The molecule has 0 aliphatic carbocycles. The van der Waals surface area contributed by atoms with Crippen LogP contribution in [0.5, 0.6) is 0 Å². The van der Waals surface area contributed by atoms with Gasteiger partial charge in [0.1, 0.15) is 0 Å².